The Balaban J connectivity index is 1.91. The number of methoxy groups -OCH3 is 1. The summed E-state index contributed by atoms with van der Waals surface area (Å²) in [6.07, 6.45) is 1.38. The number of barbiturate groups is 1. The molecule has 1 aliphatic rings. The number of hydrogen-bond donors (Lipinski definition) is 2. The minimum atomic E-state index is -0.840. The SMILES string of the molecule is COc1ccc(C=C2C(=O)NC(=O)NC2=O)c(OCc2cccc(C)c2)c1. The Labute approximate surface area is 156 Å². The zero-order valence-electron chi connectivity index (χ0n) is 14.9. The zero-order chi connectivity index (χ0) is 19.4. The van der Waals surface area contributed by atoms with E-state index in [4.69, 9.17) is 9.47 Å². The number of amides is 4. The van der Waals surface area contributed by atoms with Gasteiger partial charge in [-0.15, -0.1) is 0 Å². The average Bonchev–Trinajstić information content (AvgIpc) is 2.63. The van der Waals surface area contributed by atoms with E-state index in [1.165, 1.54) is 13.2 Å². The first-order valence-corrected chi connectivity index (χ1v) is 8.21. The Hall–Kier alpha value is -3.61. The largest absolute Gasteiger partial charge is 0.497 e. The molecule has 4 amide bonds. The van der Waals surface area contributed by atoms with Crippen LogP contribution >= 0.6 is 0 Å². The summed E-state index contributed by atoms with van der Waals surface area (Å²) in [6, 6.07) is 12.1. The molecule has 0 atom stereocenters. The van der Waals surface area contributed by atoms with E-state index in [9.17, 15) is 14.4 Å². The molecule has 2 N–H and O–H groups in total. The van der Waals surface area contributed by atoms with E-state index in [1.807, 2.05) is 41.8 Å². The number of carbonyl (C=O) groups is 3. The second kappa shape index (κ2) is 7.74. The van der Waals surface area contributed by atoms with Crippen molar-refractivity contribution in [1.29, 1.82) is 0 Å². The number of benzene rings is 2. The molecule has 1 saturated heterocycles. The predicted molar refractivity (Wildman–Crippen MR) is 98.2 cm³/mol. The molecule has 7 heteroatoms. The lowest BCUT2D eigenvalue weighted by molar-refractivity contribution is -0.123. The molecule has 2 aromatic rings. The summed E-state index contributed by atoms with van der Waals surface area (Å²) >= 11 is 0. The fourth-order valence-electron chi connectivity index (χ4n) is 2.61. The summed E-state index contributed by atoms with van der Waals surface area (Å²) in [5.74, 6) is -0.502. The number of imide groups is 2. The maximum atomic E-state index is 11.9. The molecule has 0 radical (unpaired) electrons. The monoisotopic (exact) mass is 366 g/mol. The van der Waals surface area contributed by atoms with Crippen LogP contribution in [0.4, 0.5) is 4.79 Å². The smallest absolute Gasteiger partial charge is 0.328 e. The average molecular weight is 366 g/mol. The van der Waals surface area contributed by atoms with Crippen LogP contribution in [0, 0.1) is 6.92 Å². The molecule has 0 aromatic heterocycles. The zero-order valence-corrected chi connectivity index (χ0v) is 14.9. The second-order valence-corrected chi connectivity index (χ2v) is 5.98. The van der Waals surface area contributed by atoms with Crippen molar-refractivity contribution in [2.75, 3.05) is 7.11 Å². The van der Waals surface area contributed by atoms with Crippen molar-refractivity contribution in [3.63, 3.8) is 0 Å². The van der Waals surface area contributed by atoms with Crippen LogP contribution in [-0.2, 0) is 16.2 Å². The first-order chi connectivity index (χ1) is 13.0. The number of urea groups is 1. The van der Waals surface area contributed by atoms with Gasteiger partial charge in [-0.05, 0) is 30.7 Å². The van der Waals surface area contributed by atoms with E-state index in [0.29, 0.717) is 23.7 Å². The van der Waals surface area contributed by atoms with Crippen molar-refractivity contribution in [1.82, 2.24) is 10.6 Å². The third-order valence-corrected chi connectivity index (χ3v) is 3.94. The molecular formula is C20H18N2O5. The van der Waals surface area contributed by atoms with E-state index in [1.54, 1.807) is 18.2 Å². The van der Waals surface area contributed by atoms with Crippen LogP contribution in [0.5, 0.6) is 11.5 Å². The Kier molecular flexibility index (Phi) is 5.21. The van der Waals surface area contributed by atoms with Gasteiger partial charge >= 0.3 is 6.03 Å². The fourth-order valence-corrected chi connectivity index (χ4v) is 2.61. The highest BCUT2D eigenvalue weighted by atomic mass is 16.5. The Morgan fingerprint density at radius 3 is 2.41 bits per heavy atom. The highest BCUT2D eigenvalue weighted by Crippen LogP contribution is 2.28. The molecule has 7 nitrogen and oxygen atoms in total. The highest BCUT2D eigenvalue weighted by molar-refractivity contribution is 6.31. The second-order valence-electron chi connectivity index (χ2n) is 5.98. The number of aryl methyl sites for hydroxylation is 1. The Morgan fingerprint density at radius 1 is 1.00 bits per heavy atom. The van der Waals surface area contributed by atoms with Crippen LogP contribution in [0.3, 0.4) is 0 Å². The van der Waals surface area contributed by atoms with Crippen molar-refractivity contribution < 1.29 is 23.9 Å². The van der Waals surface area contributed by atoms with Gasteiger partial charge in [-0.3, -0.25) is 20.2 Å². The van der Waals surface area contributed by atoms with Crippen molar-refractivity contribution in [2.24, 2.45) is 0 Å². The molecule has 138 valence electrons. The fraction of sp³-hybridized carbons (Fsp3) is 0.150. The summed E-state index contributed by atoms with van der Waals surface area (Å²) < 4.78 is 11.1. The molecule has 1 heterocycles. The lowest BCUT2D eigenvalue weighted by atomic mass is 10.1. The Bertz CT molecular complexity index is 927. The van der Waals surface area contributed by atoms with Gasteiger partial charge in [0.15, 0.2) is 0 Å². The normalized spacial score (nSPS) is 13.7. The van der Waals surface area contributed by atoms with Gasteiger partial charge in [0.1, 0.15) is 23.7 Å². The number of nitrogens with one attached hydrogen (secondary N) is 2. The molecule has 1 aliphatic heterocycles. The summed E-state index contributed by atoms with van der Waals surface area (Å²) in [6.45, 7) is 2.30. The van der Waals surface area contributed by atoms with Crippen LogP contribution < -0.4 is 20.1 Å². The molecule has 2 aromatic carbocycles. The third kappa shape index (κ3) is 4.33. The van der Waals surface area contributed by atoms with Crippen molar-refractivity contribution in [3.05, 3.63) is 64.7 Å². The van der Waals surface area contributed by atoms with Gasteiger partial charge in [0.25, 0.3) is 11.8 Å². The minimum Gasteiger partial charge on any atom is -0.497 e. The summed E-state index contributed by atoms with van der Waals surface area (Å²) in [4.78, 5) is 35.1. The lowest BCUT2D eigenvalue weighted by Crippen LogP contribution is -2.51. The van der Waals surface area contributed by atoms with Crippen LogP contribution in [0.2, 0.25) is 0 Å². The summed E-state index contributed by atoms with van der Waals surface area (Å²) in [7, 11) is 1.53. The lowest BCUT2D eigenvalue weighted by Gasteiger charge is -2.15. The molecule has 27 heavy (non-hydrogen) atoms. The van der Waals surface area contributed by atoms with Crippen LogP contribution in [0.15, 0.2) is 48.0 Å². The van der Waals surface area contributed by atoms with Gasteiger partial charge < -0.3 is 9.47 Å². The van der Waals surface area contributed by atoms with E-state index >= 15 is 0 Å². The van der Waals surface area contributed by atoms with Gasteiger partial charge in [0.05, 0.1) is 7.11 Å². The molecule has 0 spiro atoms. The molecule has 0 bridgehead atoms. The highest BCUT2D eigenvalue weighted by Gasteiger charge is 2.28. The summed E-state index contributed by atoms with van der Waals surface area (Å²) in [5.41, 5.74) is 2.43. The number of hydrogen-bond acceptors (Lipinski definition) is 5. The van der Waals surface area contributed by atoms with Crippen LogP contribution in [0.25, 0.3) is 6.08 Å². The number of ether oxygens (including phenoxy) is 2. The van der Waals surface area contributed by atoms with Crippen molar-refractivity contribution in [2.45, 2.75) is 13.5 Å². The third-order valence-electron chi connectivity index (χ3n) is 3.94. The first kappa shape index (κ1) is 18.2. The summed E-state index contributed by atoms with van der Waals surface area (Å²) in [5, 5.41) is 4.09. The van der Waals surface area contributed by atoms with E-state index in [-0.39, 0.29) is 5.57 Å². The molecule has 1 fully saturated rings. The molecular weight excluding hydrogens is 348 g/mol. The van der Waals surface area contributed by atoms with Crippen molar-refractivity contribution >= 4 is 23.9 Å². The van der Waals surface area contributed by atoms with E-state index in [2.05, 4.69) is 0 Å². The van der Waals surface area contributed by atoms with Gasteiger partial charge in [0.2, 0.25) is 0 Å². The van der Waals surface area contributed by atoms with E-state index in [0.717, 1.165) is 11.1 Å². The minimum absolute atomic E-state index is 0.180. The molecule has 0 saturated carbocycles. The van der Waals surface area contributed by atoms with Gasteiger partial charge in [-0.25, -0.2) is 4.79 Å². The number of carbonyl (C=O) groups excluding carboxylic acids is 3. The topological polar surface area (TPSA) is 93.7 Å². The van der Waals surface area contributed by atoms with E-state index < -0.39 is 17.8 Å². The molecule has 0 unspecified atom stereocenters. The quantitative estimate of drug-likeness (QED) is 0.626. The standard InChI is InChI=1S/C20H18N2O5/c1-12-4-3-5-13(8-12)11-27-17-10-15(26-2)7-6-14(17)9-16-18(23)21-20(25)22-19(16)24/h3-10H,11H2,1-2H3,(H2,21,22,23,24,25). The van der Waals surface area contributed by atoms with Gasteiger partial charge in [-0.2, -0.15) is 0 Å². The predicted octanol–water partition coefficient (Wildman–Crippen LogP) is 2.33. The molecule has 0 aliphatic carbocycles. The van der Waals surface area contributed by atoms with Gasteiger partial charge in [0, 0.05) is 11.6 Å². The number of rotatable bonds is 5. The van der Waals surface area contributed by atoms with Crippen molar-refractivity contribution in [3.8, 4) is 11.5 Å². The maximum absolute atomic E-state index is 11.9. The molecule has 3 rings (SSSR count). The maximum Gasteiger partial charge on any atom is 0.328 e. The Morgan fingerprint density at radius 2 is 1.74 bits per heavy atom. The van der Waals surface area contributed by atoms with Gasteiger partial charge in [-0.1, -0.05) is 29.8 Å². The first-order valence-electron chi connectivity index (χ1n) is 8.21. The van der Waals surface area contributed by atoms with Crippen LogP contribution in [0.1, 0.15) is 16.7 Å². The van der Waals surface area contributed by atoms with Crippen LogP contribution in [-0.4, -0.2) is 25.0 Å².